The van der Waals surface area contributed by atoms with Gasteiger partial charge >= 0.3 is 0 Å². The summed E-state index contributed by atoms with van der Waals surface area (Å²) in [6.07, 6.45) is 0. The summed E-state index contributed by atoms with van der Waals surface area (Å²) in [5.74, 6) is -0.243. The zero-order valence-corrected chi connectivity index (χ0v) is 10.5. The van der Waals surface area contributed by atoms with Crippen molar-refractivity contribution in [3.05, 3.63) is 36.0 Å². The van der Waals surface area contributed by atoms with E-state index in [0.29, 0.717) is 23.9 Å². The van der Waals surface area contributed by atoms with Crippen molar-refractivity contribution in [2.24, 2.45) is 5.73 Å². The van der Waals surface area contributed by atoms with Crippen LogP contribution in [-0.4, -0.2) is 24.0 Å². The summed E-state index contributed by atoms with van der Waals surface area (Å²) in [4.78, 5) is 16.8. The highest BCUT2D eigenvalue weighted by Crippen LogP contribution is 2.31. The normalized spacial score (nSPS) is 10.3. The van der Waals surface area contributed by atoms with Gasteiger partial charge in [0.15, 0.2) is 5.13 Å². The summed E-state index contributed by atoms with van der Waals surface area (Å²) >= 11 is 1.30. The van der Waals surface area contributed by atoms with Crippen LogP contribution in [0, 0.1) is 0 Å². The number of anilines is 1. The van der Waals surface area contributed by atoms with Gasteiger partial charge in [-0.2, -0.15) is 0 Å². The predicted molar refractivity (Wildman–Crippen MR) is 73.4 cm³/mol. The van der Waals surface area contributed by atoms with E-state index in [4.69, 9.17) is 11.5 Å². The highest BCUT2D eigenvalue weighted by atomic mass is 32.1. The topological polar surface area (TPSA) is 94.0 Å². The number of carbonyl (C=O) groups excluding carboxylic acids is 1. The molecule has 1 aromatic heterocycles. The second-order valence-corrected chi connectivity index (χ2v) is 4.67. The fourth-order valence-electron chi connectivity index (χ4n) is 1.55. The van der Waals surface area contributed by atoms with Crippen LogP contribution < -0.4 is 16.8 Å². The van der Waals surface area contributed by atoms with Crippen LogP contribution >= 0.6 is 11.3 Å². The van der Waals surface area contributed by atoms with E-state index in [2.05, 4.69) is 10.3 Å². The van der Waals surface area contributed by atoms with Crippen LogP contribution in [-0.2, 0) is 0 Å². The number of nitrogen functional groups attached to an aromatic ring is 1. The zero-order chi connectivity index (χ0) is 13.0. The molecule has 0 spiro atoms. The average molecular weight is 262 g/mol. The molecule has 0 saturated carbocycles. The molecule has 0 unspecified atom stereocenters. The summed E-state index contributed by atoms with van der Waals surface area (Å²) < 4.78 is 0. The van der Waals surface area contributed by atoms with Crippen molar-refractivity contribution < 1.29 is 4.79 Å². The van der Waals surface area contributed by atoms with Gasteiger partial charge in [0.25, 0.3) is 5.91 Å². The minimum Gasteiger partial charge on any atom is -0.375 e. The molecule has 1 heterocycles. The molecule has 6 heteroatoms. The Morgan fingerprint density at radius 1 is 1.33 bits per heavy atom. The van der Waals surface area contributed by atoms with E-state index in [0.717, 1.165) is 10.4 Å². The molecule has 0 aliphatic rings. The van der Waals surface area contributed by atoms with Crippen molar-refractivity contribution in [2.75, 3.05) is 18.8 Å². The molecule has 0 bridgehead atoms. The van der Waals surface area contributed by atoms with E-state index in [-0.39, 0.29) is 5.91 Å². The van der Waals surface area contributed by atoms with Crippen LogP contribution in [0.2, 0.25) is 0 Å². The number of nitrogens with one attached hydrogen (secondary N) is 1. The number of benzene rings is 1. The first-order valence-electron chi connectivity index (χ1n) is 5.52. The van der Waals surface area contributed by atoms with E-state index >= 15 is 0 Å². The Morgan fingerprint density at radius 2 is 2.06 bits per heavy atom. The molecule has 5 N–H and O–H groups in total. The molecule has 0 saturated heterocycles. The molecule has 0 atom stereocenters. The molecule has 0 aliphatic heterocycles. The fraction of sp³-hybridized carbons (Fsp3) is 0.167. The third-order valence-electron chi connectivity index (χ3n) is 2.32. The van der Waals surface area contributed by atoms with Gasteiger partial charge in [0.1, 0.15) is 5.69 Å². The molecule has 18 heavy (non-hydrogen) atoms. The summed E-state index contributed by atoms with van der Waals surface area (Å²) in [6.45, 7) is 0.816. The minimum atomic E-state index is -0.243. The summed E-state index contributed by atoms with van der Waals surface area (Å²) in [5, 5.41) is 3.08. The van der Waals surface area contributed by atoms with Crippen molar-refractivity contribution in [1.29, 1.82) is 0 Å². The third kappa shape index (κ3) is 2.66. The molecule has 2 rings (SSSR count). The van der Waals surface area contributed by atoms with Crippen molar-refractivity contribution in [2.45, 2.75) is 0 Å². The number of thiazole rings is 1. The highest BCUT2D eigenvalue weighted by molar-refractivity contribution is 7.19. The maximum atomic E-state index is 11.9. The van der Waals surface area contributed by atoms with Crippen molar-refractivity contribution in [1.82, 2.24) is 10.3 Å². The van der Waals surface area contributed by atoms with E-state index in [9.17, 15) is 4.79 Å². The van der Waals surface area contributed by atoms with Gasteiger partial charge in [-0.05, 0) is 5.56 Å². The monoisotopic (exact) mass is 262 g/mol. The smallest absolute Gasteiger partial charge is 0.271 e. The third-order valence-corrected chi connectivity index (χ3v) is 3.26. The molecule has 0 fully saturated rings. The van der Waals surface area contributed by atoms with Crippen LogP contribution in [0.1, 0.15) is 10.5 Å². The Hall–Kier alpha value is -1.92. The minimum absolute atomic E-state index is 0.243. The Bertz CT molecular complexity index is 538. The Labute approximate surface area is 109 Å². The molecule has 5 nitrogen and oxygen atoms in total. The standard InChI is InChI=1S/C12H14N4OS/c13-6-7-15-11(17)9-10(18-12(14)16-9)8-4-2-1-3-5-8/h1-5H,6-7,13H2,(H2,14,16)(H,15,17). The number of amides is 1. The SMILES string of the molecule is NCCNC(=O)c1nc(N)sc1-c1ccccc1. The van der Waals surface area contributed by atoms with Gasteiger partial charge in [0, 0.05) is 13.1 Å². The van der Waals surface area contributed by atoms with Crippen LogP contribution in [0.15, 0.2) is 30.3 Å². The molecule has 1 amide bonds. The maximum absolute atomic E-state index is 11.9. The van der Waals surface area contributed by atoms with Crippen molar-refractivity contribution in [3.63, 3.8) is 0 Å². The molecule has 0 aliphatic carbocycles. The lowest BCUT2D eigenvalue weighted by atomic mass is 10.1. The van der Waals surface area contributed by atoms with E-state index in [1.54, 1.807) is 0 Å². The van der Waals surface area contributed by atoms with E-state index in [1.165, 1.54) is 11.3 Å². The van der Waals surface area contributed by atoms with Gasteiger partial charge in [0.2, 0.25) is 0 Å². The average Bonchev–Trinajstić information content (AvgIpc) is 2.79. The molecule has 0 radical (unpaired) electrons. The lowest BCUT2D eigenvalue weighted by Gasteiger charge is -2.03. The van der Waals surface area contributed by atoms with Gasteiger partial charge in [-0.3, -0.25) is 4.79 Å². The van der Waals surface area contributed by atoms with Crippen molar-refractivity contribution >= 4 is 22.4 Å². The van der Waals surface area contributed by atoms with Gasteiger partial charge in [-0.25, -0.2) is 4.98 Å². The van der Waals surface area contributed by atoms with Crippen LogP contribution in [0.4, 0.5) is 5.13 Å². The van der Waals surface area contributed by atoms with Crippen LogP contribution in [0.3, 0.4) is 0 Å². The fourth-order valence-corrected chi connectivity index (χ4v) is 2.38. The number of aromatic nitrogens is 1. The largest absolute Gasteiger partial charge is 0.375 e. The highest BCUT2D eigenvalue weighted by Gasteiger charge is 2.17. The lowest BCUT2D eigenvalue weighted by molar-refractivity contribution is 0.0951. The number of rotatable bonds is 4. The molecule has 94 valence electrons. The quantitative estimate of drug-likeness (QED) is 0.768. The molecular formula is C12H14N4OS. The van der Waals surface area contributed by atoms with Crippen LogP contribution in [0.5, 0.6) is 0 Å². The number of carbonyl (C=O) groups is 1. The summed E-state index contributed by atoms with van der Waals surface area (Å²) in [7, 11) is 0. The van der Waals surface area contributed by atoms with Gasteiger partial charge in [0.05, 0.1) is 4.88 Å². The summed E-state index contributed by atoms with van der Waals surface area (Å²) in [6, 6.07) is 9.58. The summed E-state index contributed by atoms with van der Waals surface area (Å²) in [5.41, 5.74) is 12.3. The van der Waals surface area contributed by atoms with Gasteiger partial charge in [-0.1, -0.05) is 41.7 Å². The molecular weight excluding hydrogens is 248 g/mol. The predicted octanol–water partition coefficient (Wildman–Crippen LogP) is 1.08. The first kappa shape index (κ1) is 12.5. The Kier molecular flexibility index (Phi) is 3.91. The first-order chi connectivity index (χ1) is 8.72. The van der Waals surface area contributed by atoms with E-state index < -0.39 is 0 Å². The molecule has 2 aromatic rings. The Balaban J connectivity index is 2.34. The molecule has 1 aromatic carbocycles. The van der Waals surface area contributed by atoms with Crippen LogP contribution in [0.25, 0.3) is 10.4 Å². The van der Waals surface area contributed by atoms with Gasteiger partial charge < -0.3 is 16.8 Å². The second kappa shape index (κ2) is 5.61. The number of hydrogen-bond acceptors (Lipinski definition) is 5. The van der Waals surface area contributed by atoms with Gasteiger partial charge in [-0.15, -0.1) is 0 Å². The second-order valence-electron chi connectivity index (χ2n) is 3.64. The lowest BCUT2D eigenvalue weighted by Crippen LogP contribution is -2.29. The zero-order valence-electron chi connectivity index (χ0n) is 9.72. The van der Waals surface area contributed by atoms with Crippen molar-refractivity contribution in [3.8, 4) is 10.4 Å². The maximum Gasteiger partial charge on any atom is 0.271 e. The first-order valence-corrected chi connectivity index (χ1v) is 6.34. The number of nitrogens with two attached hydrogens (primary N) is 2. The Morgan fingerprint density at radius 3 is 2.72 bits per heavy atom. The number of hydrogen-bond donors (Lipinski definition) is 3. The number of nitrogens with zero attached hydrogens (tertiary/aromatic N) is 1. The van der Waals surface area contributed by atoms with E-state index in [1.807, 2.05) is 30.3 Å².